The second-order valence-electron chi connectivity index (χ2n) is 6.24. The maximum atomic E-state index is 12.1. The molecule has 1 aliphatic heterocycles. The van der Waals surface area contributed by atoms with Gasteiger partial charge >= 0.3 is 5.97 Å². The molecule has 0 bridgehead atoms. The van der Waals surface area contributed by atoms with Gasteiger partial charge in [0.2, 0.25) is 0 Å². The summed E-state index contributed by atoms with van der Waals surface area (Å²) in [6.45, 7) is 5.58. The predicted octanol–water partition coefficient (Wildman–Crippen LogP) is 3.51. The summed E-state index contributed by atoms with van der Waals surface area (Å²) >= 11 is 3.37. The third kappa shape index (κ3) is 5.82. The molecule has 1 aromatic rings. The van der Waals surface area contributed by atoms with Crippen molar-refractivity contribution in [3.05, 3.63) is 40.4 Å². The van der Waals surface area contributed by atoms with E-state index >= 15 is 0 Å². The second kappa shape index (κ2) is 8.29. The number of piperidine rings is 1. The van der Waals surface area contributed by atoms with Crippen molar-refractivity contribution in [1.29, 1.82) is 0 Å². The molecule has 124 valence electrons. The van der Waals surface area contributed by atoms with E-state index in [1.165, 1.54) is 6.08 Å². The molecule has 0 spiro atoms. The van der Waals surface area contributed by atoms with Gasteiger partial charge in [0.05, 0.1) is 0 Å². The number of benzene rings is 1. The lowest BCUT2D eigenvalue weighted by atomic mass is 9.92. The van der Waals surface area contributed by atoms with Gasteiger partial charge in [-0.2, -0.15) is 0 Å². The molecule has 0 radical (unpaired) electrons. The van der Waals surface area contributed by atoms with Crippen LogP contribution in [0.2, 0.25) is 0 Å². The van der Waals surface area contributed by atoms with Crippen LogP contribution in [0.5, 0.6) is 0 Å². The standard InChI is InChI=1S/C18H22BrNO3/c1-13-8-14(2)11-20(10-13)17(21)12-23-18(22)7-6-15-4-3-5-16(19)9-15/h3-7,9,13-14H,8,10-12H2,1-2H3/b7-6+/t13-,14+. The average molecular weight is 380 g/mol. The second-order valence-corrected chi connectivity index (χ2v) is 7.16. The maximum Gasteiger partial charge on any atom is 0.331 e. The number of nitrogens with zero attached hydrogens (tertiary/aromatic N) is 1. The fraction of sp³-hybridized carbons (Fsp3) is 0.444. The topological polar surface area (TPSA) is 46.6 Å². The molecule has 5 heteroatoms. The fourth-order valence-corrected chi connectivity index (χ4v) is 3.33. The van der Waals surface area contributed by atoms with Crippen molar-refractivity contribution in [2.24, 2.45) is 11.8 Å². The monoisotopic (exact) mass is 379 g/mol. The van der Waals surface area contributed by atoms with Crippen molar-refractivity contribution in [2.45, 2.75) is 20.3 Å². The van der Waals surface area contributed by atoms with E-state index in [1.807, 2.05) is 24.3 Å². The van der Waals surface area contributed by atoms with Crippen molar-refractivity contribution >= 4 is 33.9 Å². The van der Waals surface area contributed by atoms with Gasteiger partial charge in [-0.3, -0.25) is 4.79 Å². The molecule has 1 aromatic carbocycles. The van der Waals surface area contributed by atoms with Crippen LogP contribution in [0.15, 0.2) is 34.8 Å². The molecule has 1 fully saturated rings. The van der Waals surface area contributed by atoms with Gasteiger partial charge in [0, 0.05) is 23.6 Å². The number of halogens is 1. The Morgan fingerprint density at radius 3 is 2.65 bits per heavy atom. The highest BCUT2D eigenvalue weighted by Crippen LogP contribution is 2.20. The number of esters is 1. The van der Waals surface area contributed by atoms with Gasteiger partial charge in [-0.1, -0.05) is 41.9 Å². The zero-order valence-corrected chi connectivity index (χ0v) is 15.1. The smallest absolute Gasteiger partial charge is 0.331 e. The third-order valence-corrected chi connectivity index (χ3v) is 4.31. The first-order chi connectivity index (χ1) is 10.9. The Morgan fingerprint density at radius 2 is 2.00 bits per heavy atom. The van der Waals surface area contributed by atoms with Crippen molar-refractivity contribution < 1.29 is 14.3 Å². The predicted molar refractivity (Wildman–Crippen MR) is 93.7 cm³/mol. The van der Waals surface area contributed by atoms with Crippen LogP contribution in [0.25, 0.3) is 6.08 Å². The highest BCUT2D eigenvalue weighted by molar-refractivity contribution is 9.10. The van der Waals surface area contributed by atoms with E-state index in [4.69, 9.17) is 4.74 Å². The Balaban J connectivity index is 1.80. The van der Waals surface area contributed by atoms with E-state index < -0.39 is 5.97 Å². The minimum absolute atomic E-state index is 0.118. The van der Waals surface area contributed by atoms with E-state index in [2.05, 4.69) is 29.8 Å². The van der Waals surface area contributed by atoms with Crippen LogP contribution < -0.4 is 0 Å². The molecule has 23 heavy (non-hydrogen) atoms. The molecule has 1 aliphatic rings. The molecule has 1 heterocycles. The molecular formula is C18H22BrNO3. The molecule has 0 N–H and O–H groups in total. The summed E-state index contributed by atoms with van der Waals surface area (Å²) < 4.78 is 5.99. The number of hydrogen-bond donors (Lipinski definition) is 0. The van der Waals surface area contributed by atoms with E-state index in [1.54, 1.807) is 11.0 Å². The molecule has 1 saturated heterocycles. The number of rotatable bonds is 4. The van der Waals surface area contributed by atoms with Crippen molar-refractivity contribution in [1.82, 2.24) is 4.90 Å². The van der Waals surface area contributed by atoms with Crippen LogP contribution in [-0.4, -0.2) is 36.5 Å². The number of hydrogen-bond acceptors (Lipinski definition) is 3. The number of likely N-dealkylation sites (tertiary alicyclic amines) is 1. The van der Waals surface area contributed by atoms with Gasteiger partial charge < -0.3 is 9.64 Å². The molecular weight excluding hydrogens is 358 g/mol. The van der Waals surface area contributed by atoms with Crippen molar-refractivity contribution in [2.75, 3.05) is 19.7 Å². The highest BCUT2D eigenvalue weighted by atomic mass is 79.9. The first kappa shape index (κ1) is 17.7. The molecule has 0 aliphatic carbocycles. The first-order valence-corrected chi connectivity index (χ1v) is 8.61. The summed E-state index contributed by atoms with van der Waals surface area (Å²) in [4.78, 5) is 25.7. The van der Waals surface area contributed by atoms with Gasteiger partial charge in [0.1, 0.15) is 0 Å². The molecule has 1 amide bonds. The lowest BCUT2D eigenvalue weighted by Crippen LogP contribution is -2.44. The number of carbonyl (C=O) groups is 2. The maximum absolute atomic E-state index is 12.1. The summed E-state index contributed by atoms with van der Waals surface area (Å²) in [7, 11) is 0. The van der Waals surface area contributed by atoms with Gasteiger partial charge in [0.15, 0.2) is 6.61 Å². The van der Waals surface area contributed by atoms with E-state index in [0.717, 1.165) is 29.5 Å². The van der Waals surface area contributed by atoms with Gasteiger partial charge in [-0.15, -0.1) is 0 Å². The highest BCUT2D eigenvalue weighted by Gasteiger charge is 2.25. The van der Waals surface area contributed by atoms with E-state index in [-0.39, 0.29) is 12.5 Å². The Morgan fingerprint density at radius 1 is 1.30 bits per heavy atom. The van der Waals surface area contributed by atoms with Gasteiger partial charge in [-0.25, -0.2) is 4.79 Å². The Bertz CT molecular complexity index is 590. The first-order valence-electron chi connectivity index (χ1n) is 7.82. The normalized spacial score (nSPS) is 21.4. The zero-order chi connectivity index (χ0) is 16.8. The van der Waals surface area contributed by atoms with E-state index in [0.29, 0.717) is 11.8 Å². The average Bonchev–Trinajstić information content (AvgIpc) is 2.49. The van der Waals surface area contributed by atoms with Crippen LogP contribution in [0.1, 0.15) is 25.8 Å². The third-order valence-electron chi connectivity index (χ3n) is 3.82. The number of carbonyl (C=O) groups excluding carboxylic acids is 2. The molecule has 2 rings (SSSR count). The van der Waals surface area contributed by atoms with Gasteiger partial charge in [-0.05, 0) is 42.0 Å². The molecule has 0 saturated carbocycles. The molecule has 4 nitrogen and oxygen atoms in total. The summed E-state index contributed by atoms with van der Waals surface area (Å²) in [6, 6.07) is 7.58. The Kier molecular flexibility index (Phi) is 6.39. The molecule has 0 aromatic heterocycles. The molecule has 2 atom stereocenters. The summed E-state index contributed by atoms with van der Waals surface area (Å²) in [5.41, 5.74) is 0.890. The van der Waals surface area contributed by atoms with Crippen LogP contribution >= 0.6 is 15.9 Å². The van der Waals surface area contributed by atoms with Crippen LogP contribution in [0, 0.1) is 11.8 Å². The van der Waals surface area contributed by atoms with Crippen LogP contribution in [0.3, 0.4) is 0 Å². The minimum Gasteiger partial charge on any atom is -0.452 e. The zero-order valence-electron chi connectivity index (χ0n) is 13.5. The van der Waals surface area contributed by atoms with Gasteiger partial charge in [0.25, 0.3) is 5.91 Å². The summed E-state index contributed by atoms with van der Waals surface area (Å²) in [6.07, 6.45) is 4.15. The number of ether oxygens (including phenoxy) is 1. The van der Waals surface area contributed by atoms with Crippen LogP contribution in [-0.2, 0) is 14.3 Å². The lowest BCUT2D eigenvalue weighted by molar-refractivity contribution is -0.149. The lowest BCUT2D eigenvalue weighted by Gasteiger charge is -2.34. The SMILES string of the molecule is C[C@@H]1C[C@H](C)CN(C(=O)COC(=O)/C=C/c2cccc(Br)c2)C1. The van der Waals surface area contributed by atoms with E-state index in [9.17, 15) is 9.59 Å². The summed E-state index contributed by atoms with van der Waals surface area (Å²) in [5, 5.41) is 0. The minimum atomic E-state index is -0.503. The quantitative estimate of drug-likeness (QED) is 0.593. The summed E-state index contributed by atoms with van der Waals surface area (Å²) in [5.74, 6) is 0.369. The molecule has 0 unspecified atom stereocenters. The largest absolute Gasteiger partial charge is 0.452 e. The fourth-order valence-electron chi connectivity index (χ4n) is 2.91. The Labute approximate surface area is 145 Å². The van der Waals surface area contributed by atoms with Crippen molar-refractivity contribution in [3.63, 3.8) is 0 Å². The van der Waals surface area contributed by atoms with Crippen LogP contribution in [0.4, 0.5) is 0 Å². The number of amides is 1. The Hall–Kier alpha value is -1.62. The van der Waals surface area contributed by atoms with Crippen molar-refractivity contribution in [3.8, 4) is 0 Å².